The zero-order valence-electron chi connectivity index (χ0n) is 18.9. The molecule has 174 valence electrons. The number of anilines is 1. The smallest absolute Gasteiger partial charge is 0.231 e. The van der Waals surface area contributed by atoms with Crippen molar-refractivity contribution in [2.75, 3.05) is 18.4 Å². The SMILES string of the molecule is CC(C)(C)N1C[C@@H](C(=O)Nc2nccn2Cc2ccc(Cl)cc2)[C@H](c2ccc(F)cc2F)C1. The Morgan fingerprint density at radius 3 is 2.55 bits per heavy atom. The molecule has 2 atom stereocenters. The van der Waals surface area contributed by atoms with Crippen LogP contribution in [0.4, 0.5) is 14.7 Å². The average Bonchev–Trinajstić information content (AvgIpc) is 3.37. The van der Waals surface area contributed by atoms with Gasteiger partial charge in [-0.15, -0.1) is 0 Å². The minimum absolute atomic E-state index is 0.198. The van der Waals surface area contributed by atoms with E-state index in [2.05, 4.69) is 36.0 Å². The van der Waals surface area contributed by atoms with Crippen LogP contribution in [0.1, 0.15) is 37.8 Å². The summed E-state index contributed by atoms with van der Waals surface area (Å²) in [6.07, 6.45) is 3.41. The first-order valence-electron chi connectivity index (χ1n) is 10.9. The lowest BCUT2D eigenvalue weighted by molar-refractivity contribution is -0.120. The molecule has 0 aliphatic carbocycles. The standard InChI is InChI=1S/C25H27ClF2N4O/c1-25(2,3)32-14-20(19-9-8-18(27)12-22(19)28)21(15-32)23(33)30-24-29-10-11-31(24)13-16-4-6-17(26)7-5-16/h4-12,20-21H,13-15H2,1-3H3,(H,29,30,33)/t20-,21+/m0/s1. The molecule has 1 aliphatic rings. The Balaban J connectivity index is 1.57. The van der Waals surface area contributed by atoms with Crippen LogP contribution in [0.5, 0.6) is 0 Å². The van der Waals surface area contributed by atoms with Gasteiger partial charge in [-0.1, -0.05) is 29.8 Å². The van der Waals surface area contributed by atoms with Crippen LogP contribution in [0.3, 0.4) is 0 Å². The predicted octanol–water partition coefficient (Wildman–Crippen LogP) is 5.32. The van der Waals surface area contributed by atoms with Crippen LogP contribution in [0.2, 0.25) is 5.02 Å². The van der Waals surface area contributed by atoms with Crippen molar-refractivity contribution in [3.05, 3.63) is 82.6 Å². The highest BCUT2D eigenvalue weighted by Crippen LogP contribution is 2.38. The summed E-state index contributed by atoms with van der Waals surface area (Å²) in [5.74, 6) is -1.99. The second kappa shape index (κ2) is 9.23. The Kier molecular flexibility index (Phi) is 6.54. The average molecular weight is 473 g/mol. The molecule has 3 aromatic rings. The van der Waals surface area contributed by atoms with Crippen LogP contribution in [0.25, 0.3) is 0 Å². The minimum atomic E-state index is -0.632. The molecule has 0 radical (unpaired) electrons. The van der Waals surface area contributed by atoms with Gasteiger partial charge in [0.2, 0.25) is 11.9 Å². The third kappa shape index (κ3) is 5.25. The molecule has 0 bridgehead atoms. The number of likely N-dealkylation sites (tertiary alicyclic amines) is 1. The number of hydrogen-bond acceptors (Lipinski definition) is 3. The maximum atomic E-state index is 14.7. The fourth-order valence-corrected chi connectivity index (χ4v) is 4.41. The highest BCUT2D eigenvalue weighted by atomic mass is 35.5. The summed E-state index contributed by atoms with van der Waals surface area (Å²) >= 11 is 5.97. The lowest BCUT2D eigenvalue weighted by atomic mass is 9.88. The molecule has 2 aromatic carbocycles. The molecule has 1 amide bonds. The Labute approximate surface area is 197 Å². The Hall–Kier alpha value is -2.77. The molecule has 1 N–H and O–H groups in total. The van der Waals surface area contributed by atoms with Crippen molar-refractivity contribution in [2.45, 2.75) is 38.8 Å². The molecule has 1 saturated heterocycles. The van der Waals surface area contributed by atoms with Crippen molar-refractivity contribution in [1.29, 1.82) is 0 Å². The van der Waals surface area contributed by atoms with Crippen LogP contribution in [-0.4, -0.2) is 39.0 Å². The molecule has 0 spiro atoms. The zero-order chi connectivity index (χ0) is 23.8. The molecule has 33 heavy (non-hydrogen) atoms. The first-order valence-corrected chi connectivity index (χ1v) is 11.3. The number of nitrogens with zero attached hydrogens (tertiary/aromatic N) is 3. The molecule has 4 rings (SSSR count). The highest BCUT2D eigenvalue weighted by molar-refractivity contribution is 6.30. The van der Waals surface area contributed by atoms with E-state index >= 15 is 0 Å². The molecular formula is C25H27ClF2N4O. The topological polar surface area (TPSA) is 50.2 Å². The van der Waals surface area contributed by atoms with E-state index in [9.17, 15) is 13.6 Å². The van der Waals surface area contributed by atoms with Crippen molar-refractivity contribution in [3.8, 4) is 0 Å². The molecule has 1 fully saturated rings. The molecule has 1 aromatic heterocycles. The normalized spacial score (nSPS) is 19.1. The number of amides is 1. The number of aromatic nitrogens is 2. The summed E-state index contributed by atoms with van der Waals surface area (Å²) in [5.41, 5.74) is 1.17. The number of nitrogens with one attached hydrogen (secondary N) is 1. The van der Waals surface area contributed by atoms with Gasteiger partial charge in [0.15, 0.2) is 0 Å². The van der Waals surface area contributed by atoms with Crippen molar-refractivity contribution in [1.82, 2.24) is 14.5 Å². The molecule has 2 heterocycles. The van der Waals surface area contributed by atoms with Crippen molar-refractivity contribution < 1.29 is 13.6 Å². The van der Waals surface area contributed by atoms with Gasteiger partial charge in [-0.2, -0.15) is 0 Å². The quantitative estimate of drug-likeness (QED) is 0.547. The first kappa shape index (κ1) is 23.4. The molecule has 8 heteroatoms. The second-order valence-corrected chi connectivity index (χ2v) is 9.89. The van der Waals surface area contributed by atoms with E-state index in [4.69, 9.17) is 11.6 Å². The van der Waals surface area contributed by atoms with Gasteiger partial charge in [-0.05, 0) is 50.1 Å². The third-order valence-electron chi connectivity index (χ3n) is 6.18. The maximum absolute atomic E-state index is 14.7. The molecular weight excluding hydrogens is 446 g/mol. The summed E-state index contributed by atoms with van der Waals surface area (Å²) < 4.78 is 30.0. The lowest BCUT2D eigenvalue weighted by Gasteiger charge is -2.31. The van der Waals surface area contributed by atoms with Crippen molar-refractivity contribution >= 4 is 23.5 Å². The Morgan fingerprint density at radius 1 is 1.15 bits per heavy atom. The fourth-order valence-electron chi connectivity index (χ4n) is 4.28. The number of rotatable bonds is 5. The van der Waals surface area contributed by atoms with Crippen LogP contribution in [0, 0.1) is 17.6 Å². The second-order valence-electron chi connectivity index (χ2n) is 9.45. The molecule has 1 aliphatic heterocycles. The van der Waals surface area contributed by atoms with Gasteiger partial charge in [0.1, 0.15) is 11.6 Å². The lowest BCUT2D eigenvalue weighted by Crippen LogP contribution is -2.40. The monoisotopic (exact) mass is 472 g/mol. The van der Waals surface area contributed by atoms with Crippen molar-refractivity contribution in [3.63, 3.8) is 0 Å². The maximum Gasteiger partial charge on any atom is 0.231 e. The number of benzene rings is 2. The van der Waals surface area contributed by atoms with E-state index in [0.29, 0.717) is 36.2 Å². The molecule has 5 nitrogen and oxygen atoms in total. The van der Waals surface area contributed by atoms with E-state index < -0.39 is 23.5 Å². The Bertz CT molecular complexity index is 1140. The van der Waals surface area contributed by atoms with E-state index in [-0.39, 0.29) is 11.4 Å². The molecule has 0 saturated carbocycles. The van der Waals surface area contributed by atoms with Gasteiger partial charge in [0, 0.05) is 48.0 Å². The van der Waals surface area contributed by atoms with Gasteiger partial charge < -0.3 is 4.57 Å². The number of halogens is 3. The minimum Gasteiger partial charge on any atom is -0.313 e. The Morgan fingerprint density at radius 2 is 1.88 bits per heavy atom. The fraction of sp³-hybridized carbons (Fsp3) is 0.360. The summed E-state index contributed by atoms with van der Waals surface area (Å²) in [4.78, 5) is 19.9. The van der Waals surface area contributed by atoms with Gasteiger partial charge in [-0.25, -0.2) is 13.8 Å². The van der Waals surface area contributed by atoms with E-state index in [1.165, 1.54) is 12.1 Å². The number of hydrogen-bond donors (Lipinski definition) is 1. The summed E-state index contributed by atoms with van der Waals surface area (Å²) in [5, 5.41) is 3.58. The van der Waals surface area contributed by atoms with Gasteiger partial charge >= 0.3 is 0 Å². The van der Waals surface area contributed by atoms with Gasteiger partial charge in [-0.3, -0.25) is 15.0 Å². The highest BCUT2D eigenvalue weighted by Gasteiger charge is 2.43. The van der Waals surface area contributed by atoms with E-state index in [1.54, 1.807) is 12.4 Å². The summed E-state index contributed by atoms with van der Waals surface area (Å²) in [6.45, 7) is 7.66. The first-order chi connectivity index (χ1) is 15.6. The van der Waals surface area contributed by atoms with Crippen LogP contribution >= 0.6 is 11.6 Å². The van der Waals surface area contributed by atoms with Crippen molar-refractivity contribution in [2.24, 2.45) is 5.92 Å². The number of carbonyl (C=O) groups excluding carboxylic acids is 1. The summed E-state index contributed by atoms with van der Waals surface area (Å²) in [6, 6.07) is 11.0. The number of carbonyl (C=O) groups is 1. The van der Waals surface area contributed by atoms with E-state index in [1.807, 2.05) is 28.8 Å². The zero-order valence-corrected chi connectivity index (χ0v) is 19.6. The van der Waals surface area contributed by atoms with Gasteiger partial charge in [0.25, 0.3) is 0 Å². The third-order valence-corrected chi connectivity index (χ3v) is 6.44. The van der Waals surface area contributed by atoms with E-state index in [0.717, 1.165) is 11.6 Å². The largest absolute Gasteiger partial charge is 0.313 e. The van der Waals surface area contributed by atoms with Crippen LogP contribution < -0.4 is 5.32 Å². The predicted molar refractivity (Wildman–Crippen MR) is 125 cm³/mol. The summed E-state index contributed by atoms with van der Waals surface area (Å²) in [7, 11) is 0. The van der Waals surface area contributed by atoms with Gasteiger partial charge in [0.05, 0.1) is 12.5 Å². The van der Waals surface area contributed by atoms with Crippen LogP contribution in [-0.2, 0) is 11.3 Å². The molecule has 0 unspecified atom stereocenters. The van der Waals surface area contributed by atoms with Crippen LogP contribution in [0.15, 0.2) is 54.9 Å². The number of imidazole rings is 1.